The summed E-state index contributed by atoms with van der Waals surface area (Å²) in [7, 11) is 0. The summed E-state index contributed by atoms with van der Waals surface area (Å²) in [5.74, 6) is -1.29. The van der Waals surface area contributed by atoms with Crippen LogP contribution in [0.3, 0.4) is 0 Å². The van der Waals surface area contributed by atoms with Gasteiger partial charge in [-0.2, -0.15) is 0 Å². The molecule has 2 aliphatic rings. The van der Waals surface area contributed by atoms with E-state index in [1.807, 2.05) is 42.5 Å². The van der Waals surface area contributed by atoms with E-state index >= 15 is 0 Å². The van der Waals surface area contributed by atoms with Gasteiger partial charge in [-0.25, -0.2) is 0 Å². The quantitative estimate of drug-likeness (QED) is 0.672. The van der Waals surface area contributed by atoms with E-state index < -0.39 is 0 Å². The minimum Gasteiger partial charge on any atom is -0.350 e. The number of likely N-dealkylation sites (tertiary alicyclic amines) is 1. The second-order valence-corrected chi connectivity index (χ2v) is 5.68. The zero-order valence-corrected chi connectivity index (χ0v) is 12.2. The maximum atomic E-state index is 12.3. The molecule has 1 heterocycles. The molecule has 1 aromatic rings. The molecular formula is C17H18N2O3. The second-order valence-electron chi connectivity index (χ2n) is 5.68. The number of imide groups is 1. The highest BCUT2D eigenvalue weighted by Crippen LogP contribution is 2.34. The zero-order valence-electron chi connectivity index (χ0n) is 12.2. The van der Waals surface area contributed by atoms with Crippen LogP contribution in [0.1, 0.15) is 18.4 Å². The molecule has 1 fully saturated rings. The smallest absolute Gasteiger partial charge is 0.240 e. The van der Waals surface area contributed by atoms with Crippen molar-refractivity contribution >= 4 is 17.7 Å². The van der Waals surface area contributed by atoms with E-state index in [9.17, 15) is 14.4 Å². The summed E-state index contributed by atoms with van der Waals surface area (Å²) < 4.78 is 0. The van der Waals surface area contributed by atoms with Crippen molar-refractivity contribution in [3.63, 3.8) is 0 Å². The van der Waals surface area contributed by atoms with Gasteiger partial charge in [0.05, 0.1) is 11.8 Å². The number of carbonyl (C=O) groups is 3. The van der Waals surface area contributed by atoms with Gasteiger partial charge in [-0.05, 0) is 18.4 Å². The molecule has 2 atom stereocenters. The van der Waals surface area contributed by atoms with Crippen LogP contribution in [0.15, 0.2) is 42.5 Å². The van der Waals surface area contributed by atoms with Gasteiger partial charge >= 0.3 is 0 Å². The van der Waals surface area contributed by atoms with Crippen molar-refractivity contribution < 1.29 is 14.4 Å². The summed E-state index contributed by atoms with van der Waals surface area (Å²) in [4.78, 5) is 37.6. The summed E-state index contributed by atoms with van der Waals surface area (Å²) in [6, 6.07) is 9.52. The average molecular weight is 298 g/mol. The fraction of sp³-hybridized carbons (Fsp3) is 0.353. The largest absolute Gasteiger partial charge is 0.350 e. The molecule has 1 aliphatic carbocycles. The summed E-state index contributed by atoms with van der Waals surface area (Å²) >= 11 is 0. The van der Waals surface area contributed by atoms with Gasteiger partial charge in [0.15, 0.2) is 0 Å². The van der Waals surface area contributed by atoms with Crippen LogP contribution in [0.5, 0.6) is 0 Å². The van der Waals surface area contributed by atoms with Crippen LogP contribution in [-0.4, -0.2) is 29.2 Å². The first-order chi connectivity index (χ1) is 10.7. The number of amides is 3. The molecular weight excluding hydrogens is 280 g/mol. The van der Waals surface area contributed by atoms with Crippen molar-refractivity contribution in [3.05, 3.63) is 48.0 Å². The van der Waals surface area contributed by atoms with E-state index in [2.05, 4.69) is 5.32 Å². The van der Waals surface area contributed by atoms with E-state index in [1.165, 1.54) is 0 Å². The molecule has 22 heavy (non-hydrogen) atoms. The van der Waals surface area contributed by atoms with Gasteiger partial charge in [-0.3, -0.25) is 19.3 Å². The van der Waals surface area contributed by atoms with Crippen LogP contribution in [0, 0.1) is 11.8 Å². The summed E-state index contributed by atoms with van der Waals surface area (Å²) in [6.07, 6.45) is 5.06. The molecule has 0 aromatic heterocycles. The number of nitrogens with zero attached hydrogens (tertiary/aromatic N) is 1. The molecule has 0 saturated carbocycles. The molecule has 1 aromatic carbocycles. The lowest BCUT2D eigenvalue weighted by molar-refractivity contribution is -0.143. The topological polar surface area (TPSA) is 66.5 Å². The Hall–Kier alpha value is -2.43. The lowest BCUT2D eigenvalue weighted by Crippen LogP contribution is -2.40. The molecule has 3 rings (SSSR count). The van der Waals surface area contributed by atoms with Crippen molar-refractivity contribution in [1.29, 1.82) is 0 Å². The molecule has 0 bridgehead atoms. The minimum atomic E-state index is -0.308. The number of rotatable bonds is 4. The Balaban J connectivity index is 1.57. The highest BCUT2D eigenvalue weighted by molar-refractivity contribution is 6.07. The third-order valence-corrected chi connectivity index (χ3v) is 4.23. The van der Waals surface area contributed by atoms with Gasteiger partial charge in [-0.15, -0.1) is 0 Å². The van der Waals surface area contributed by atoms with Gasteiger partial charge in [-0.1, -0.05) is 42.5 Å². The van der Waals surface area contributed by atoms with Gasteiger partial charge in [0, 0.05) is 6.54 Å². The van der Waals surface area contributed by atoms with Gasteiger partial charge < -0.3 is 5.32 Å². The standard InChI is InChI=1S/C17H18N2O3/c20-15(18-10-12-6-2-1-3-7-12)11-19-16(21)13-8-4-5-9-14(13)17(19)22/h1-7,13-14H,8-11H2,(H,18,20). The number of fused-ring (bicyclic) bond motifs is 1. The van der Waals surface area contributed by atoms with Crippen LogP contribution in [-0.2, 0) is 20.9 Å². The number of hydrogen-bond acceptors (Lipinski definition) is 3. The predicted octanol–water partition coefficient (Wildman–Crippen LogP) is 1.25. The molecule has 1 saturated heterocycles. The van der Waals surface area contributed by atoms with E-state index in [4.69, 9.17) is 0 Å². The first-order valence-electron chi connectivity index (χ1n) is 7.47. The first-order valence-corrected chi connectivity index (χ1v) is 7.47. The van der Waals surface area contributed by atoms with E-state index in [-0.39, 0.29) is 36.1 Å². The molecule has 1 N–H and O–H groups in total. The number of hydrogen-bond donors (Lipinski definition) is 1. The van der Waals surface area contributed by atoms with Crippen molar-refractivity contribution in [3.8, 4) is 0 Å². The fourth-order valence-corrected chi connectivity index (χ4v) is 3.02. The Kier molecular flexibility index (Phi) is 4.04. The normalized spacial score (nSPS) is 23.5. The predicted molar refractivity (Wildman–Crippen MR) is 80.4 cm³/mol. The molecule has 5 heteroatoms. The second kappa shape index (κ2) is 6.13. The van der Waals surface area contributed by atoms with Crippen LogP contribution in [0.2, 0.25) is 0 Å². The highest BCUT2D eigenvalue weighted by Gasteiger charge is 2.47. The molecule has 1 aliphatic heterocycles. The monoisotopic (exact) mass is 298 g/mol. The lowest BCUT2D eigenvalue weighted by Gasteiger charge is -2.14. The fourth-order valence-electron chi connectivity index (χ4n) is 3.02. The molecule has 114 valence electrons. The van der Waals surface area contributed by atoms with E-state index in [0.717, 1.165) is 10.5 Å². The Bertz CT molecular complexity index is 598. The summed E-state index contributed by atoms with van der Waals surface area (Å²) in [5, 5.41) is 2.75. The zero-order chi connectivity index (χ0) is 15.5. The van der Waals surface area contributed by atoms with E-state index in [0.29, 0.717) is 19.4 Å². The molecule has 2 unspecified atom stereocenters. The van der Waals surface area contributed by atoms with Gasteiger partial charge in [0.1, 0.15) is 6.54 Å². The molecule has 3 amide bonds. The summed E-state index contributed by atoms with van der Waals surface area (Å²) in [5.41, 5.74) is 0.979. The minimum absolute atomic E-state index is 0.183. The number of nitrogens with one attached hydrogen (secondary N) is 1. The molecule has 5 nitrogen and oxygen atoms in total. The number of carbonyl (C=O) groups excluding carboxylic acids is 3. The third kappa shape index (κ3) is 2.79. The Morgan fingerprint density at radius 1 is 1.05 bits per heavy atom. The maximum Gasteiger partial charge on any atom is 0.240 e. The first kappa shape index (κ1) is 14.5. The van der Waals surface area contributed by atoms with E-state index in [1.54, 1.807) is 0 Å². The van der Waals surface area contributed by atoms with Crippen molar-refractivity contribution in [2.75, 3.05) is 6.54 Å². The van der Waals surface area contributed by atoms with Gasteiger partial charge in [0.25, 0.3) is 0 Å². The Labute approximate surface area is 129 Å². The molecule has 0 radical (unpaired) electrons. The number of benzene rings is 1. The number of allylic oxidation sites excluding steroid dienone is 2. The highest BCUT2D eigenvalue weighted by atomic mass is 16.2. The van der Waals surface area contributed by atoms with Crippen molar-refractivity contribution in [1.82, 2.24) is 10.2 Å². The Morgan fingerprint density at radius 3 is 2.23 bits per heavy atom. The van der Waals surface area contributed by atoms with Crippen LogP contribution in [0.25, 0.3) is 0 Å². The van der Waals surface area contributed by atoms with Gasteiger partial charge in [0.2, 0.25) is 17.7 Å². The van der Waals surface area contributed by atoms with Crippen molar-refractivity contribution in [2.45, 2.75) is 19.4 Å². The van der Waals surface area contributed by atoms with Crippen LogP contribution >= 0.6 is 0 Å². The summed E-state index contributed by atoms with van der Waals surface area (Å²) in [6.45, 7) is 0.210. The molecule has 0 spiro atoms. The maximum absolute atomic E-state index is 12.3. The van der Waals surface area contributed by atoms with Crippen LogP contribution < -0.4 is 5.32 Å². The SMILES string of the molecule is O=C(CN1C(=O)C2CC=CCC2C1=O)NCc1ccccc1. The van der Waals surface area contributed by atoms with Crippen molar-refractivity contribution in [2.24, 2.45) is 11.8 Å². The average Bonchev–Trinajstić information content (AvgIpc) is 2.79. The Morgan fingerprint density at radius 2 is 1.64 bits per heavy atom. The lowest BCUT2D eigenvalue weighted by atomic mass is 9.85. The third-order valence-electron chi connectivity index (χ3n) is 4.23. The van der Waals surface area contributed by atoms with Crippen LogP contribution in [0.4, 0.5) is 0 Å².